The normalized spacial score (nSPS) is 20.6. The molecule has 110 valence electrons. The van der Waals surface area contributed by atoms with Gasteiger partial charge in [-0.05, 0) is 19.4 Å². The Morgan fingerprint density at radius 2 is 2.30 bits per heavy atom. The molecule has 1 aliphatic rings. The summed E-state index contributed by atoms with van der Waals surface area (Å²) in [5, 5.41) is 5.48. The van der Waals surface area contributed by atoms with E-state index < -0.39 is 27.6 Å². The average Bonchev–Trinajstić information content (AvgIpc) is 2.71. The van der Waals surface area contributed by atoms with Crippen LogP contribution >= 0.6 is 0 Å². The lowest BCUT2D eigenvalue weighted by Crippen LogP contribution is -2.36. The summed E-state index contributed by atoms with van der Waals surface area (Å²) in [7, 11) is -3.07. The highest BCUT2D eigenvalue weighted by molar-refractivity contribution is 7.91. The minimum absolute atomic E-state index is 0.0689. The molecule has 20 heavy (non-hydrogen) atoms. The number of hydrogen-bond acceptors (Lipinski definition) is 5. The van der Waals surface area contributed by atoms with Gasteiger partial charge in [0.1, 0.15) is 11.6 Å². The molecule has 1 saturated heterocycles. The first-order valence-electron chi connectivity index (χ1n) is 6.32. The number of nitrogens with one attached hydrogen (secondary N) is 2. The van der Waals surface area contributed by atoms with E-state index in [1.807, 2.05) is 6.92 Å². The van der Waals surface area contributed by atoms with Crippen molar-refractivity contribution in [2.24, 2.45) is 0 Å². The Bertz CT molecular complexity index is 618. The Hall–Kier alpha value is -1.70. The number of rotatable bonds is 4. The third-order valence-electron chi connectivity index (χ3n) is 3.01. The molecule has 1 aromatic rings. The zero-order valence-electron chi connectivity index (χ0n) is 11.0. The fraction of sp³-hybridized carbons (Fsp3) is 0.500. The van der Waals surface area contributed by atoms with Gasteiger partial charge in [-0.15, -0.1) is 0 Å². The predicted molar refractivity (Wildman–Crippen MR) is 72.9 cm³/mol. The summed E-state index contributed by atoms with van der Waals surface area (Å²) in [5.41, 5.74) is 0.0798. The monoisotopic (exact) mass is 301 g/mol. The van der Waals surface area contributed by atoms with E-state index in [0.717, 1.165) is 12.3 Å². The second-order valence-corrected chi connectivity index (χ2v) is 6.88. The van der Waals surface area contributed by atoms with E-state index in [-0.39, 0.29) is 22.9 Å². The molecule has 6 nitrogen and oxygen atoms in total. The summed E-state index contributed by atoms with van der Waals surface area (Å²) in [5.74, 6) is -0.851. The number of carbonyl (C=O) groups is 1. The van der Waals surface area contributed by atoms with Crippen molar-refractivity contribution in [3.63, 3.8) is 0 Å². The van der Waals surface area contributed by atoms with E-state index in [2.05, 4.69) is 15.6 Å². The first-order valence-corrected chi connectivity index (χ1v) is 8.14. The van der Waals surface area contributed by atoms with Crippen molar-refractivity contribution in [3.8, 4) is 0 Å². The molecule has 0 aromatic carbocycles. The van der Waals surface area contributed by atoms with Gasteiger partial charge in [-0.3, -0.25) is 4.79 Å². The number of nitrogens with zero attached hydrogens (tertiary/aromatic N) is 1. The Labute approximate surface area is 116 Å². The van der Waals surface area contributed by atoms with Crippen molar-refractivity contribution in [1.82, 2.24) is 10.3 Å². The number of carbonyl (C=O) groups excluding carboxylic acids is 1. The second kappa shape index (κ2) is 5.74. The maximum atomic E-state index is 13.2. The molecular weight excluding hydrogens is 285 g/mol. The van der Waals surface area contributed by atoms with Gasteiger partial charge in [0.25, 0.3) is 5.91 Å². The van der Waals surface area contributed by atoms with Crippen molar-refractivity contribution in [2.45, 2.75) is 19.4 Å². The standard InChI is InChI=1S/C12H16FN3O3S/c1-2-14-11-10(5-8(13)6-15-11)12(17)16-9-3-4-20(18,19)7-9/h5-6,9H,2-4,7H2,1H3,(H,14,15)(H,16,17). The number of hydrogen-bond donors (Lipinski definition) is 2. The molecule has 1 aromatic heterocycles. The molecule has 0 radical (unpaired) electrons. The molecule has 1 atom stereocenters. The van der Waals surface area contributed by atoms with Crippen LogP contribution in [-0.4, -0.2) is 43.4 Å². The fourth-order valence-corrected chi connectivity index (χ4v) is 3.77. The Balaban J connectivity index is 2.14. The van der Waals surface area contributed by atoms with Crippen molar-refractivity contribution < 1.29 is 17.6 Å². The zero-order chi connectivity index (χ0) is 14.8. The smallest absolute Gasteiger partial charge is 0.255 e. The highest BCUT2D eigenvalue weighted by Crippen LogP contribution is 2.16. The maximum absolute atomic E-state index is 13.2. The van der Waals surface area contributed by atoms with E-state index in [0.29, 0.717) is 13.0 Å². The van der Waals surface area contributed by atoms with Crippen LogP contribution in [0.25, 0.3) is 0 Å². The Morgan fingerprint density at radius 1 is 1.55 bits per heavy atom. The molecule has 2 heterocycles. The lowest BCUT2D eigenvalue weighted by atomic mass is 10.2. The van der Waals surface area contributed by atoms with Crippen molar-refractivity contribution in [1.29, 1.82) is 0 Å². The van der Waals surface area contributed by atoms with E-state index in [1.54, 1.807) is 0 Å². The average molecular weight is 301 g/mol. The molecular formula is C12H16FN3O3S. The summed E-state index contributed by atoms with van der Waals surface area (Å²) >= 11 is 0. The Morgan fingerprint density at radius 3 is 2.90 bits per heavy atom. The van der Waals surface area contributed by atoms with Gasteiger partial charge in [0.2, 0.25) is 0 Å². The highest BCUT2D eigenvalue weighted by Gasteiger charge is 2.29. The first kappa shape index (κ1) is 14.7. The van der Waals surface area contributed by atoms with Crippen LogP contribution in [0.4, 0.5) is 10.2 Å². The largest absolute Gasteiger partial charge is 0.370 e. The summed E-state index contributed by atoms with van der Waals surface area (Å²) in [6.07, 6.45) is 1.40. The van der Waals surface area contributed by atoms with Crippen LogP contribution in [0.5, 0.6) is 0 Å². The van der Waals surface area contributed by atoms with E-state index >= 15 is 0 Å². The number of sulfone groups is 1. The lowest BCUT2D eigenvalue weighted by Gasteiger charge is -2.13. The number of halogens is 1. The topological polar surface area (TPSA) is 88.2 Å². The minimum Gasteiger partial charge on any atom is -0.370 e. The van der Waals surface area contributed by atoms with Crippen molar-refractivity contribution in [2.75, 3.05) is 23.4 Å². The number of aromatic nitrogens is 1. The van der Waals surface area contributed by atoms with Crippen molar-refractivity contribution in [3.05, 3.63) is 23.6 Å². The van der Waals surface area contributed by atoms with Gasteiger partial charge in [0.15, 0.2) is 9.84 Å². The third kappa shape index (κ3) is 3.44. The third-order valence-corrected chi connectivity index (χ3v) is 4.78. The van der Waals surface area contributed by atoms with Gasteiger partial charge in [-0.1, -0.05) is 0 Å². The first-order chi connectivity index (χ1) is 9.41. The van der Waals surface area contributed by atoms with Gasteiger partial charge in [-0.2, -0.15) is 0 Å². The fourth-order valence-electron chi connectivity index (χ4n) is 2.09. The SMILES string of the molecule is CCNc1ncc(F)cc1C(=O)NC1CCS(=O)(=O)C1. The molecule has 1 fully saturated rings. The van der Waals surface area contributed by atoms with Gasteiger partial charge >= 0.3 is 0 Å². The van der Waals surface area contributed by atoms with Crippen LogP contribution in [0.15, 0.2) is 12.3 Å². The quantitative estimate of drug-likeness (QED) is 0.849. The number of pyridine rings is 1. The molecule has 1 unspecified atom stereocenters. The second-order valence-electron chi connectivity index (χ2n) is 4.65. The van der Waals surface area contributed by atoms with E-state index in [4.69, 9.17) is 0 Å². The highest BCUT2D eigenvalue weighted by atomic mass is 32.2. The molecule has 1 amide bonds. The summed E-state index contributed by atoms with van der Waals surface area (Å²) in [6, 6.07) is 0.661. The van der Waals surface area contributed by atoms with E-state index in [9.17, 15) is 17.6 Å². The molecule has 2 rings (SSSR count). The maximum Gasteiger partial charge on any atom is 0.255 e. The van der Waals surface area contributed by atoms with Crippen LogP contribution in [-0.2, 0) is 9.84 Å². The molecule has 1 aliphatic heterocycles. The van der Waals surface area contributed by atoms with Crippen LogP contribution in [0.2, 0.25) is 0 Å². The molecule has 0 spiro atoms. The molecule has 2 N–H and O–H groups in total. The van der Waals surface area contributed by atoms with Crippen molar-refractivity contribution >= 4 is 21.6 Å². The zero-order valence-corrected chi connectivity index (χ0v) is 11.8. The number of anilines is 1. The van der Waals surface area contributed by atoms with Gasteiger partial charge < -0.3 is 10.6 Å². The molecule has 0 aliphatic carbocycles. The summed E-state index contributed by atoms with van der Waals surface area (Å²) in [4.78, 5) is 15.9. The van der Waals surface area contributed by atoms with Gasteiger partial charge in [0, 0.05) is 12.6 Å². The van der Waals surface area contributed by atoms with E-state index in [1.165, 1.54) is 0 Å². The molecule has 8 heteroatoms. The van der Waals surface area contributed by atoms with Crippen LogP contribution in [0.3, 0.4) is 0 Å². The Kier molecular flexibility index (Phi) is 4.22. The molecule has 0 saturated carbocycles. The van der Waals surface area contributed by atoms with Crippen LogP contribution in [0, 0.1) is 5.82 Å². The lowest BCUT2D eigenvalue weighted by molar-refractivity contribution is 0.0941. The van der Waals surface area contributed by atoms with Gasteiger partial charge in [-0.25, -0.2) is 17.8 Å². The van der Waals surface area contributed by atoms with Crippen LogP contribution in [0.1, 0.15) is 23.7 Å². The number of amides is 1. The minimum atomic E-state index is -3.07. The molecule has 0 bridgehead atoms. The summed E-state index contributed by atoms with van der Waals surface area (Å²) in [6.45, 7) is 2.37. The van der Waals surface area contributed by atoms with Gasteiger partial charge in [0.05, 0.1) is 23.3 Å². The summed E-state index contributed by atoms with van der Waals surface area (Å²) < 4.78 is 35.9. The van der Waals surface area contributed by atoms with Crippen LogP contribution < -0.4 is 10.6 Å². The predicted octanol–water partition coefficient (Wildman–Crippen LogP) is 0.569.